The van der Waals surface area contributed by atoms with Crippen molar-refractivity contribution >= 4 is 10.0 Å². The molecule has 2 rings (SSSR count). The van der Waals surface area contributed by atoms with E-state index in [9.17, 15) is 13.5 Å². The zero-order chi connectivity index (χ0) is 15.6. The molecular formula is C13H18N4O3S. The second-order valence-electron chi connectivity index (χ2n) is 4.86. The summed E-state index contributed by atoms with van der Waals surface area (Å²) in [6.07, 6.45) is 1.50. The number of aliphatic hydroxyl groups excluding tert-OH is 1. The summed E-state index contributed by atoms with van der Waals surface area (Å²) in [7, 11) is -1.97. The molecule has 1 aromatic heterocycles. The molecule has 2 aromatic rings. The fourth-order valence-electron chi connectivity index (χ4n) is 2.04. The average molecular weight is 310 g/mol. The first-order valence-corrected chi connectivity index (χ1v) is 7.87. The Bertz CT molecular complexity index is 753. The van der Waals surface area contributed by atoms with E-state index in [4.69, 9.17) is 0 Å². The third kappa shape index (κ3) is 3.46. The maximum Gasteiger partial charge on any atom is 0.241 e. The van der Waals surface area contributed by atoms with Gasteiger partial charge >= 0.3 is 0 Å². The number of hydrogen-bond donors (Lipinski definition) is 2. The Morgan fingerprint density at radius 3 is 2.57 bits per heavy atom. The van der Waals surface area contributed by atoms with Crippen LogP contribution in [0.4, 0.5) is 0 Å². The van der Waals surface area contributed by atoms with Gasteiger partial charge in [-0.2, -0.15) is 5.10 Å². The zero-order valence-electron chi connectivity index (χ0n) is 12.2. The van der Waals surface area contributed by atoms with Crippen molar-refractivity contribution in [3.63, 3.8) is 0 Å². The van der Waals surface area contributed by atoms with Crippen molar-refractivity contribution in [2.24, 2.45) is 7.05 Å². The third-order valence-corrected chi connectivity index (χ3v) is 4.70. The summed E-state index contributed by atoms with van der Waals surface area (Å²) in [5.41, 5.74) is 2.09. The van der Waals surface area contributed by atoms with E-state index >= 15 is 0 Å². The Labute approximate surface area is 123 Å². The molecule has 1 heterocycles. The molecule has 0 radical (unpaired) electrons. The van der Waals surface area contributed by atoms with Crippen molar-refractivity contribution in [2.75, 3.05) is 0 Å². The number of aromatic nitrogens is 3. The Hall–Kier alpha value is -1.77. The van der Waals surface area contributed by atoms with E-state index in [1.165, 1.54) is 17.1 Å². The van der Waals surface area contributed by atoms with E-state index in [0.29, 0.717) is 17.0 Å². The van der Waals surface area contributed by atoms with E-state index in [-0.39, 0.29) is 18.0 Å². The first-order chi connectivity index (χ1) is 9.83. The molecular weight excluding hydrogens is 292 g/mol. The molecule has 114 valence electrons. The standard InChI is InChI=1S/C13H18N4O3S/c1-9-4-10(2)12(5-11(9)7-18)21(19,20)15-6-13-14-8-17(3)16-13/h4-5,8,15,18H,6-7H2,1-3H3. The van der Waals surface area contributed by atoms with Gasteiger partial charge in [-0.25, -0.2) is 18.1 Å². The van der Waals surface area contributed by atoms with Gasteiger partial charge in [-0.3, -0.25) is 4.68 Å². The number of sulfonamides is 1. The van der Waals surface area contributed by atoms with E-state index in [0.717, 1.165) is 5.56 Å². The highest BCUT2D eigenvalue weighted by atomic mass is 32.2. The molecule has 0 aliphatic heterocycles. The van der Waals surface area contributed by atoms with Crippen LogP contribution in [0.5, 0.6) is 0 Å². The van der Waals surface area contributed by atoms with Crippen LogP contribution in [0.3, 0.4) is 0 Å². The molecule has 0 saturated carbocycles. The van der Waals surface area contributed by atoms with Gasteiger partial charge in [0, 0.05) is 7.05 Å². The first-order valence-electron chi connectivity index (χ1n) is 6.38. The minimum absolute atomic E-state index is 0.0188. The minimum Gasteiger partial charge on any atom is -0.392 e. The summed E-state index contributed by atoms with van der Waals surface area (Å²) in [6.45, 7) is 3.38. The zero-order valence-corrected chi connectivity index (χ0v) is 13.0. The molecule has 0 spiro atoms. The van der Waals surface area contributed by atoms with Gasteiger partial charge in [-0.05, 0) is 36.6 Å². The topological polar surface area (TPSA) is 97.1 Å². The Kier molecular flexibility index (Phi) is 4.40. The number of rotatable bonds is 5. The highest BCUT2D eigenvalue weighted by Crippen LogP contribution is 2.20. The quantitative estimate of drug-likeness (QED) is 0.833. The van der Waals surface area contributed by atoms with Gasteiger partial charge in [0.2, 0.25) is 10.0 Å². The summed E-state index contributed by atoms with van der Waals surface area (Å²) < 4.78 is 28.7. The van der Waals surface area contributed by atoms with Crippen LogP contribution >= 0.6 is 0 Å². The van der Waals surface area contributed by atoms with Crippen molar-refractivity contribution in [1.82, 2.24) is 19.5 Å². The lowest BCUT2D eigenvalue weighted by molar-refractivity contribution is 0.280. The maximum atomic E-state index is 12.4. The Balaban J connectivity index is 2.27. The molecule has 0 aliphatic rings. The van der Waals surface area contributed by atoms with Crippen LogP contribution in [0.15, 0.2) is 23.4 Å². The van der Waals surface area contributed by atoms with Crippen LogP contribution in [0.2, 0.25) is 0 Å². The fraction of sp³-hybridized carbons (Fsp3) is 0.385. The van der Waals surface area contributed by atoms with Crippen molar-refractivity contribution in [3.8, 4) is 0 Å². The first kappa shape index (κ1) is 15.6. The van der Waals surface area contributed by atoms with Gasteiger partial charge < -0.3 is 5.11 Å². The van der Waals surface area contributed by atoms with Crippen molar-refractivity contribution in [3.05, 3.63) is 41.0 Å². The predicted molar refractivity (Wildman–Crippen MR) is 76.9 cm³/mol. The molecule has 0 saturated heterocycles. The van der Waals surface area contributed by atoms with Crippen LogP contribution in [0.1, 0.15) is 22.5 Å². The van der Waals surface area contributed by atoms with Crippen LogP contribution in [0, 0.1) is 13.8 Å². The molecule has 0 amide bonds. The molecule has 0 unspecified atom stereocenters. The molecule has 0 fully saturated rings. The Morgan fingerprint density at radius 1 is 1.29 bits per heavy atom. The van der Waals surface area contributed by atoms with E-state index in [1.807, 2.05) is 6.92 Å². The number of aliphatic hydroxyl groups is 1. The number of benzene rings is 1. The summed E-state index contributed by atoms with van der Waals surface area (Å²) in [5.74, 6) is 0.397. The fourth-order valence-corrected chi connectivity index (χ4v) is 3.29. The minimum atomic E-state index is -3.68. The average Bonchev–Trinajstić information content (AvgIpc) is 2.82. The van der Waals surface area contributed by atoms with Gasteiger partial charge in [0.15, 0.2) is 5.82 Å². The molecule has 7 nitrogen and oxygen atoms in total. The van der Waals surface area contributed by atoms with Gasteiger partial charge in [0.1, 0.15) is 6.33 Å². The third-order valence-electron chi connectivity index (χ3n) is 3.16. The van der Waals surface area contributed by atoms with Crippen LogP contribution in [-0.4, -0.2) is 28.3 Å². The van der Waals surface area contributed by atoms with Gasteiger partial charge in [0.05, 0.1) is 18.0 Å². The summed E-state index contributed by atoms with van der Waals surface area (Å²) in [4.78, 5) is 4.13. The monoisotopic (exact) mass is 310 g/mol. The SMILES string of the molecule is Cc1cc(C)c(S(=O)(=O)NCc2ncn(C)n2)cc1CO. The van der Waals surface area contributed by atoms with Gasteiger partial charge in [0.25, 0.3) is 0 Å². The predicted octanol–water partition coefficient (Wildman–Crippen LogP) is 0.403. The highest BCUT2D eigenvalue weighted by Gasteiger charge is 2.19. The second kappa shape index (κ2) is 5.92. The largest absolute Gasteiger partial charge is 0.392 e. The number of nitrogens with one attached hydrogen (secondary N) is 1. The Morgan fingerprint density at radius 2 is 2.00 bits per heavy atom. The van der Waals surface area contributed by atoms with Gasteiger partial charge in [-0.15, -0.1) is 0 Å². The maximum absolute atomic E-state index is 12.4. The van der Waals surface area contributed by atoms with Crippen molar-refractivity contribution in [1.29, 1.82) is 0 Å². The van der Waals surface area contributed by atoms with Crippen molar-refractivity contribution in [2.45, 2.75) is 31.9 Å². The van der Waals surface area contributed by atoms with Crippen LogP contribution in [0.25, 0.3) is 0 Å². The molecule has 21 heavy (non-hydrogen) atoms. The van der Waals surface area contributed by atoms with E-state index in [2.05, 4.69) is 14.8 Å². The molecule has 0 atom stereocenters. The lowest BCUT2D eigenvalue weighted by Crippen LogP contribution is -2.25. The summed E-state index contributed by atoms with van der Waals surface area (Å²) >= 11 is 0. The van der Waals surface area contributed by atoms with Crippen LogP contribution < -0.4 is 4.72 Å². The lowest BCUT2D eigenvalue weighted by atomic mass is 10.1. The molecule has 1 aromatic carbocycles. The molecule has 2 N–H and O–H groups in total. The molecule has 0 bridgehead atoms. The smallest absolute Gasteiger partial charge is 0.241 e. The number of hydrogen-bond acceptors (Lipinski definition) is 5. The van der Waals surface area contributed by atoms with Crippen LogP contribution in [-0.2, 0) is 30.2 Å². The lowest BCUT2D eigenvalue weighted by Gasteiger charge is -2.12. The van der Waals surface area contributed by atoms with E-state index < -0.39 is 10.0 Å². The van der Waals surface area contributed by atoms with E-state index in [1.54, 1.807) is 20.0 Å². The highest BCUT2D eigenvalue weighted by molar-refractivity contribution is 7.89. The summed E-state index contributed by atoms with van der Waals surface area (Å²) in [6, 6.07) is 3.25. The summed E-state index contributed by atoms with van der Waals surface area (Å²) in [5, 5.41) is 13.3. The number of nitrogens with zero attached hydrogens (tertiary/aromatic N) is 3. The van der Waals surface area contributed by atoms with Crippen molar-refractivity contribution < 1.29 is 13.5 Å². The normalized spacial score (nSPS) is 11.8. The number of aryl methyl sites for hydroxylation is 3. The molecule has 0 aliphatic carbocycles. The second-order valence-corrected chi connectivity index (χ2v) is 6.60. The van der Waals surface area contributed by atoms with Gasteiger partial charge in [-0.1, -0.05) is 6.07 Å². The molecule has 8 heteroatoms.